The van der Waals surface area contributed by atoms with E-state index in [1.54, 1.807) is 0 Å². The lowest BCUT2D eigenvalue weighted by Crippen LogP contribution is -1.83. The van der Waals surface area contributed by atoms with Gasteiger partial charge in [0.05, 0.1) is 11.0 Å². The number of H-pyrrole nitrogens is 1. The third kappa shape index (κ3) is 2.11. The van der Waals surface area contributed by atoms with Gasteiger partial charge in [-0.25, -0.2) is 4.98 Å². The second-order valence-corrected chi connectivity index (χ2v) is 4.14. The number of anilines is 1. The Morgan fingerprint density at radius 2 is 1.89 bits per heavy atom. The lowest BCUT2D eigenvalue weighted by molar-refractivity contribution is 1.29. The number of para-hydroxylation sites is 2. The Hall–Kier alpha value is -2.55. The van der Waals surface area contributed by atoms with Crippen molar-refractivity contribution < 1.29 is 0 Å². The van der Waals surface area contributed by atoms with Gasteiger partial charge in [-0.15, -0.1) is 0 Å². The predicted octanol–water partition coefficient (Wildman–Crippen LogP) is 3.32. The zero-order chi connectivity index (χ0) is 12.4. The van der Waals surface area contributed by atoms with Crippen molar-refractivity contribution in [2.75, 3.05) is 5.73 Å². The molecule has 1 heterocycles. The number of nitrogens with zero attached hydrogens (tertiary/aromatic N) is 1. The van der Waals surface area contributed by atoms with Crippen LogP contribution < -0.4 is 5.73 Å². The summed E-state index contributed by atoms with van der Waals surface area (Å²) in [5.41, 5.74) is 9.58. The summed E-state index contributed by atoms with van der Waals surface area (Å²) in [6.45, 7) is 0. The van der Waals surface area contributed by atoms with E-state index in [1.165, 1.54) is 0 Å². The first-order chi connectivity index (χ1) is 8.81. The quantitative estimate of drug-likeness (QED) is 0.669. The second-order valence-electron chi connectivity index (χ2n) is 4.14. The van der Waals surface area contributed by atoms with Crippen LogP contribution in [0, 0.1) is 0 Å². The Morgan fingerprint density at radius 1 is 1.00 bits per heavy atom. The first kappa shape index (κ1) is 10.6. The molecule has 0 unspecified atom stereocenters. The summed E-state index contributed by atoms with van der Waals surface area (Å²) >= 11 is 0. The molecule has 0 aliphatic heterocycles. The molecule has 0 saturated heterocycles. The van der Waals surface area contributed by atoms with Gasteiger partial charge in [-0.3, -0.25) is 0 Å². The monoisotopic (exact) mass is 235 g/mol. The fraction of sp³-hybridized carbons (Fsp3) is 0. The molecule has 88 valence electrons. The van der Waals surface area contributed by atoms with Crippen molar-refractivity contribution in [3.8, 4) is 0 Å². The fourth-order valence-electron chi connectivity index (χ4n) is 1.89. The third-order valence-electron chi connectivity index (χ3n) is 2.75. The lowest BCUT2D eigenvalue weighted by atomic mass is 10.2. The molecule has 0 fully saturated rings. The molecule has 2 aromatic carbocycles. The van der Waals surface area contributed by atoms with Gasteiger partial charge in [0.1, 0.15) is 5.82 Å². The SMILES string of the molecule is Nc1cccc(C=Cc2nc3ccccc3[nH]2)c1. The number of imidazole rings is 1. The van der Waals surface area contributed by atoms with Crippen LogP contribution in [-0.4, -0.2) is 9.97 Å². The number of nitrogens with one attached hydrogen (secondary N) is 1. The number of nitrogens with two attached hydrogens (primary N) is 1. The molecule has 0 saturated carbocycles. The molecule has 18 heavy (non-hydrogen) atoms. The molecule has 0 aliphatic carbocycles. The van der Waals surface area contributed by atoms with Crippen LogP contribution >= 0.6 is 0 Å². The van der Waals surface area contributed by atoms with Gasteiger partial charge in [0.2, 0.25) is 0 Å². The minimum atomic E-state index is 0.766. The summed E-state index contributed by atoms with van der Waals surface area (Å²) in [5.74, 6) is 0.846. The molecule has 3 aromatic rings. The Kier molecular flexibility index (Phi) is 2.57. The number of benzene rings is 2. The van der Waals surface area contributed by atoms with Gasteiger partial charge in [-0.1, -0.05) is 30.3 Å². The summed E-state index contributed by atoms with van der Waals surface area (Å²) in [6.07, 6.45) is 3.95. The van der Waals surface area contributed by atoms with Crippen LogP contribution in [0.3, 0.4) is 0 Å². The lowest BCUT2D eigenvalue weighted by Gasteiger charge is -1.94. The number of fused-ring (bicyclic) bond motifs is 1. The van der Waals surface area contributed by atoms with Crippen molar-refractivity contribution in [1.82, 2.24) is 9.97 Å². The van der Waals surface area contributed by atoms with Gasteiger partial charge >= 0.3 is 0 Å². The molecule has 1 aromatic heterocycles. The van der Waals surface area contributed by atoms with Crippen LogP contribution in [0.4, 0.5) is 5.69 Å². The Bertz CT molecular complexity index is 677. The van der Waals surface area contributed by atoms with E-state index in [1.807, 2.05) is 60.7 Å². The van der Waals surface area contributed by atoms with E-state index in [2.05, 4.69) is 9.97 Å². The van der Waals surface area contributed by atoms with E-state index in [-0.39, 0.29) is 0 Å². The molecular formula is C15H13N3. The topological polar surface area (TPSA) is 54.7 Å². The Labute approximate surface area is 105 Å². The standard InChI is InChI=1S/C15H13N3/c16-12-5-3-4-11(10-12)8-9-15-17-13-6-1-2-7-14(13)18-15/h1-10H,16H2,(H,17,18). The number of hydrogen-bond donors (Lipinski definition) is 2. The summed E-state index contributed by atoms with van der Waals surface area (Å²) in [7, 11) is 0. The van der Waals surface area contributed by atoms with E-state index in [9.17, 15) is 0 Å². The highest BCUT2D eigenvalue weighted by Gasteiger charge is 1.97. The smallest absolute Gasteiger partial charge is 0.131 e. The van der Waals surface area contributed by atoms with E-state index in [4.69, 9.17) is 5.73 Å². The zero-order valence-corrected chi connectivity index (χ0v) is 9.80. The first-order valence-corrected chi connectivity index (χ1v) is 5.80. The highest BCUT2D eigenvalue weighted by atomic mass is 14.9. The second kappa shape index (κ2) is 4.37. The van der Waals surface area contributed by atoms with Crippen molar-refractivity contribution >= 4 is 28.9 Å². The average molecular weight is 235 g/mol. The summed E-state index contributed by atoms with van der Waals surface area (Å²) in [6, 6.07) is 15.7. The maximum atomic E-state index is 5.73. The van der Waals surface area contributed by atoms with Gasteiger partial charge in [0.15, 0.2) is 0 Å². The molecule has 0 radical (unpaired) electrons. The zero-order valence-electron chi connectivity index (χ0n) is 9.80. The van der Waals surface area contributed by atoms with Crippen molar-refractivity contribution in [2.24, 2.45) is 0 Å². The minimum Gasteiger partial charge on any atom is -0.399 e. The van der Waals surface area contributed by atoms with Crippen LogP contribution in [-0.2, 0) is 0 Å². The molecular weight excluding hydrogens is 222 g/mol. The van der Waals surface area contributed by atoms with Gasteiger partial charge in [0.25, 0.3) is 0 Å². The molecule has 3 N–H and O–H groups in total. The van der Waals surface area contributed by atoms with Crippen LogP contribution in [0.15, 0.2) is 48.5 Å². The summed E-state index contributed by atoms with van der Waals surface area (Å²) in [4.78, 5) is 7.73. The molecule has 3 heteroatoms. The van der Waals surface area contributed by atoms with Gasteiger partial charge in [-0.05, 0) is 35.9 Å². The molecule has 3 rings (SSSR count). The number of hydrogen-bond acceptors (Lipinski definition) is 2. The molecule has 0 aliphatic rings. The van der Waals surface area contributed by atoms with Crippen molar-refractivity contribution in [1.29, 1.82) is 0 Å². The van der Waals surface area contributed by atoms with Crippen molar-refractivity contribution in [3.63, 3.8) is 0 Å². The molecule has 0 bridgehead atoms. The van der Waals surface area contributed by atoms with Crippen LogP contribution in [0.5, 0.6) is 0 Å². The third-order valence-corrected chi connectivity index (χ3v) is 2.75. The number of rotatable bonds is 2. The summed E-state index contributed by atoms with van der Waals surface area (Å²) in [5, 5.41) is 0. The number of aromatic nitrogens is 2. The first-order valence-electron chi connectivity index (χ1n) is 5.80. The van der Waals surface area contributed by atoms with E-state index in [0.29, 0.717) is 0 Å². The highest BCUT2D eigenvalue weighted by molar-refractivity contribution is 5.78. The van der Waals surface area contributed by atoms with E-state index >= 15 is 0 Å². The van der Waals surface area contributed by atoms with E-state index < -0.39 is 0 Å². The Balaban J connectivity index is 1.92. The fourth-order valence-corrected chi connectivity index (χ4v) is 1.89. The average Bonchev–Trinajstić information content (AvgIpc) is 2.79. The maximum Gasteiger partial charge on any atom is 0.131 e. The normalized spacial score (nSPS) is 11.3. The highest BCUT2D eigenvalue weighted by Crippen LogP contribution is 2.13. The predicted molar refractivity (Wildman–Crippen MR) is 75.9 cm³/mol. The van der Waals surface area contributed by atoms with Crippen molar-refractivity contribution in [2.45, 2.75) is 0 Å². The minimum absolute atomic E-state index is 0.766. The van der Waals surface area contributed by atoms with E-state index in [0.717, 1.165) is 28.1 Å². The molecule has 0 amide bonds. The van der Waals surface area contributed by atoms with Gasteiger partial charge < -0.3 is 10.7 Å². The van der Waals surface area contributed by atoms with Crippen LogP contribution in [0.1, 0.15) is 11.4 Å². The van der Waals surface area contributed by atoms with Gasteiger partial charge in [0, 0.05) is 5.69 Å². The summed E-state index contributed by atoms with van der Waals surface area (Å²) < 4.78 is 0. The number of nitrogen functional groups attached to an aromatic ring is 1. The molecule has 0 spiro atoms. The Morgan fingerprint density at radius 3 is 2.72 bits per heavy atom. The van der Waals surface area contributed by atoms with Gasteiger partial charge in [-0.2, -0.15) is 0 Å². The number of aromatic amines is 1. The van der Waals surface area contributed by atoms with Crippen molar-refractivity contribution in [3.05, 3.63) is 59.9 Å². The molecule has 3 nitrogen and oxygen atoms in total. The molecule has 0 atom stereocenters. The van der Waals surface area contributed by atoms with Crippen LogP contribution in [0.2, 0.25) is 0 Å². The van der Waals surface area contributed by atoms with Crippen LogP contribution in [0.25, 0.3) is 23.2 Å². The maximum absolute atomic E-state index is 5.73. The largest absolute Gasteiger partial charge is 0.399 e.